The highest BCUT2D eigenvalue weighted by Crippen LogP contribution is 2.30. The average molecular weight is 362 g/mol. The van der Waals surface area contributed by atoms with Gasteiger partial charge in [0, 0.05) is 5.56 Å². The predicted molar refractivity (Wildman–Crippen MR) is 98.4 cm³/mol. The van der Waals surface area contributed by atoms with Crippen LogP contribution >= 0.6 is 0 Å². The fraction of sp³-hybridized carbons (Fsp3) is 0.409. The zero-order valence-corrected chi connectivity index (χ0v) is 14.9. The summed E-state index contributed by atoms with van der Waals surface area (Å²) in [7, 11) is 0. The number of hydrogen-bond acceptors (Lipinski definition) is 1. The molecule has 2 rings (SSSR count). The molecule has 4 heteroatoms. The number of hydrogen-bond donors (Lipinski definition) is 0. The molecule has 0 unspecified atom stereocenters. The molecule has 0 saturated carbocycles. The van der Waals surface area contributed by atoms with Crippen molar-refractivity contribution in [3.05, 3.63) is 70.8 Å². The Morgan fingerprint density at radius 3 is 2.00 bits per heavy atom. The van der Waals surface area contributed by atoms with Crippen molar-refractivity contribution in [2.75, 3.05) is 0 Å². The molecule has 0 bridgehead atoms. The van der Waals surface area contributed by atoms with Crippen LogP contribution in [0.15, 0.2) is 48.5 Å². The van der Waals surface area contributed by atoms with E-state index < -0.39 is 11.7 Å². The molecule has 0 atom stereocenters. The zero-order valence-electron chi connectivity index (χ0n) is 14.9. The van der Waals surface area contributed by atoms with Gasteiger partial charge in [-0.2, -0.15) is 13.2 Å². The smallest absolute Gasteiger partial charge is 0.298 e. The Morgan fingerprint density at radius 2 is 1.38 bits per heavy atom. The third kappa shape index (κ3) is 6.66. The lowest BCUT2D eigenvalue weighted by Crippen LogP contribution is -2.06. The molecule has 2 aromatic rings. The minimum atomic E-state index is -4.41. The molecule has 0 aromatic heterocycles. The topological polar surface area (TPSA) is 17.1 Å². The summed E-state index contributed by atoms with van der Waals surface area (Å²) in [4.78, 5) is 11.1. The molecular weight excluding hydrogens is 337 g/mol. The number of aryl methyl sites for hydroxylation is 2. The number of rotatable bonds is 10. The van der Waals surface area contributed by atoms with E-state index in [1.807, 2.05) is 6.07 Å². The van der Waals surface area contributed by atoms with Crippen molar-refractivity contribution in [1.82, 2.24) is 0 Å². The van der Waals surface area contributed by atoms with Gasteiger partial charge in [-0.15, -0.1) is 0 Å². The standard InChI is InChI=1S/C22H25F3O/c23-22(24,25)21-15-14-19(20(16-21)17-26)13-9-4-2-1-3-6-10-18-11-7-5-8-12-18/h5,7-8,11-12,14-17H,1-4,6,9-10,13H2. The van der Waals surface area contributed by atoms with E-state index in [2.05, 4.69) is 24.3 Å². The van der Waals surface area contributed by atoms with E-state index in [1.165, 1.54) is 30.9 Å². The van der Waals surface area contributed by atoms with Gasteiger partial charge in [0.2, 0.25) is 0 Å². The Hall–Kier alpha value is -2.10. The first-order valence-corrected chi connectivity index (χ1v) is 9.20. The second kappa shape index (κ2) is 10.1. The third-order valence-corrected chi connectivity index (χ3v) is 4.60. The van der Waals surface area contributed by atoms with Crippen LogP contribution in [-0.2, 0) is 19.0 Å². The molecule has 0 heterocycles. The summed E-state index contributed by atoms with van der Waals surface area (Å²) in [6, 6.07) is 13.9. The van der Waals surface area contributed by atoms with E-state index in [-0.39, 0.29) is 5.56 Å². The first-order valence-electron chi connectivity index (χ1n) is 9.20. The van der Waals surface area contributed by atoms with Crippen LogP contribution in [0.4, 0.5) is 13.2 Å². The van der Waals surface area contributed by atoms with Gasteiger partial charge in [0.25, 0.3) is 0 Å². The van der Waals surface area contributed by atoms with Gasteiger partial charge in [-0.25, -0.2) is 0 Å². The van der Waals surface area contributed by atoms with Crippen molar-refractivity contribution < 1.29 is 18.0 Å². The Kier molecular flexibility index (Phi) is 7.89. The van der Waals surface area contributed by atoms with Crippen molar-refractivity contribution in [1.29, 1.82) is 0 Å². The second-order valence-electron chi connectivity index (χ2n) is 6.64. The van der Waals surface area contributed by atoms with Crippen molar-refractivity contribution in [3.63, 3.8) is 0 Å². The van der Waals surface area contributed by atoms with Crippen LogP contribution in [-0.4, -0.2) is 6.29 Å². The van der Waals surface area contributed by atoms with E-state index >= 15 is 0 Å². The molecule has 0 fully saturated rings. The summed E-state index contributed by atoms with van der Waals surface area (Å²) in [5.41, 5.74) is 1.47. The normalized spacial score (nSPS) is 11.5. The zero-order chi connectivity index (χ0) is 18.8. The Labute approximate surface area is 153 Å². The van der Waals surface area contributed by atoms with Crippen LogP contribution in [0.5, 0.6) is 0 Å². The molecule has 140 valence electrons. The van der Waals surface area contributed by atoms with E-state index in [0.717, 1.165) is 37.8 Å². The molecule has 0 amide bonds. The number of halogens is 3. The first-order chi connectivity index (χ1) is 12.5. The van der Waals surface area contributed by atoms with Crippen molar-refractivity contribution in [2.24, 2.45) is 0 Å². The van der Waals surface area contributed by atoms with Gasteiger partial charge in [-0.1, -0.05) is 62.1 Å². The van der Waals surface area contributed by atoms with E-state index in [0.29, 0.717) is 18.3 Å². The molecule has 0 spiro atoms. The van der Waals surface area contributed by atoms with E-state index in [1.54, 1.807) is 0 Å². The predicted octanol–water partition coefficient (Wildman–Crippen LogP) is 6.64. The molecule has 26 heavy (non-hydrogen) atoms. The lowest BCUT2D eigenvalue weighted by molar-refractivity contribution is -0.137. The quantitative estimate of drug-likeness (QED) is 0.342. The van der Waals surface area contributed by atoms with Crippen molar-refractivity contribution in [3.8, 4) is 0 Å². The highest BCUT2D eigenvalue weighted by Gasteiger charge is 2.30. The Bertz CT molecular complexity index is 678. The lowest BCUT2D eigenvalue weighted by atomic mass is 9.98. The molecule has 2 aromatic carbocycles. The summed E-state index contributed by atoms with van der Waals surface area (Å²) in [5.74, 6) is 0. The van der Waals surface area contributed by atoms with E-state index in [9.17, 15) is 18.0 Å². The van der Waals surface area contributed by atoms with Crippen LogP contribution in [0.3, 0.4) is 0 Å². The maximum Gasteiger partial charge on any atom is 0.416 e. The average Bonchev–Trinajstić information content (AvgIpc) is 2.64. The summed E-state index contributed by atoms with van der Waals surface area (Å²) in [6.45, 7) is 0. The number of benzene rings is 2. The number of carbonyl (C=O) groups excluding carboxylic acids is 1. The van der Waals surface area contributed by atoms with Gasteiger partial charge in [-0.05, 0) is 48.9 Å². The SMILES string of the molecule is O=Cc1cc(C(F)(F)F)ccc1CCCCCCCCc1ccccc1. The molecular formula is C22H25F3O. The number of aldehydes is 1. The molecule has 1 nitrogen and oxygen atoms in total. The highest BCUT2D eigenvalue weighted by molar-refractivity contribution is 5.77. The molecule has 0 N–H and O–H groups in total. The van der Waals surface area contributed by atoms with Crippen LogP contribution in [0.25, 0.3) is 0 Å². The van der Waals surface area contributed by atoms with Gasteiger partial charge in [-0.3, -0.25) is 4.79 Å². The van der Waals surface area contributed by atoms with Gasteiger partial charge in [0.1, 0.15) is 6.29 Å². The minimum absolute atomic E-state index is 0.155. The maximum atomic E-state index is 12.7. The largest absolute Gasteiger partial charge is 0.416 e. The minimum Gasteiger partial charge on any atom is -0.298 e. The van der Waals surface area contributed by atoms with Gasteiger partial charge in [0.05, 0.1) is 5.56 Å². The Morgan fingerprint density at radius 1 is 0.769 bits per heavy atom. The number of unbranched alkanes of at least 4 members (excludes halogenated alkanes) is 5. The molecule has 0 radical (unpaired) electrons. The molecule has 0 saturated heterocycles. The van der Waals surface area contributed by atoms with E-state index in [4.69, 9.17) is 0 Å². The van der Waals surface area contributed by atoms with Gasteiger partial charge < -0.3 is 0 Å². The Balaban J connectivity index is 1.64. The monoisotopic (exact) mass is 362 g/mol. The van der Waals surface area contributed by atoms with Gasteiger partial charge in [0.15, 0.2) is 0 Å². The summed E-state index contributed by atoms with van der Waals surface area (Å²) in [5, 5.41) is 0. The summed E-state index contributed by atoms with van der Waals surface area (Å²) < 4.78 is 38.0. The summed E-state index contributed by atoms with van der Waals surface area (Å²) in [6.07, 6.45) is 4.45. The van der Waals surface area contributed by atoms with Crippen molar-refractivity contribution >= 4 is 6.29 Å². The van der Waals surface area contributed by atoms with Gasteiger partial charge >= 0.3 is 6.18 Å². The third-order valence-electron chi connectivity index (χ3n) is 4.60. The van der Waals surface area contributed by atoms with Crippen LogP contribution < -0.4 is 0 Å². The maximum absolute atomic E-state index is 12.7. The summed E-state index contributed by atoms with van der Waals surface area (Å²) >= 11 is 0. The first kappa shape index (κ1) is 20.2. The molecule has 0 aliphatic carbocycles. The van der Waals surface area contributed by atoms with Crippen LogP contribution in [0, 0.1) is 0 Å². The van der Waals surface area contributed by atoms with Crippen LogP contribution in [0.2, 0.25) is 0 Å². The number of alkyl halides is 3. The second-order valence-corrected chi connectivity index (χ2v) is 6.64. The van der Waals surface area contributed by atoms with Crippen molar-refractivity contribution in [2.45, 2.75) is 57.5 Å². The number of carbonyl (C=O) groups is 1. The molecule has 0 aliphatic heterocycles. The highest BCUT2D eigenvalue weighted by atomic mass is 19.4. The lowest BCUT2D eigenvalue weighted by Gasteiger charge is -2.10. The fourth-order valence-electron chi connectivity index (χ4n) is 3.10. The fourth-order valence-corrected chi connectivity index (χ4v) is 3.10. The van der Waals surface area contributed by atoms with Crippen LogP contribution in [0.1, 0.15) is 65.6 Å². The molecule has 0 aliphatic rings.